The van der Waals surface area contributed by atoms with Gasteiger partial charge in [0.2, 0.25) is 0 Å². The minimum atomic E-state index is -0.715. The maximum atomic E-state index is 13.5. The molecule has 1 fully saturated rings. The third kappa shape index (κ3) is 3.17. The second-order valence-electron chi connectivity index (χ2n) is 6.66. The van der Waals surface area contributed by atoms with Crippen molar-refractivity contribution in [1.82, 2.24) is 19.5 Å². The molecule has 1 amide bonds. The highest BCUT2D eigenvalue weighted by molar-refractivity contribution is 5.99. The van der Waals surface area contributed by atoms with Gasteiger partial charge in [0.15, 0.2) is 5.65 Å². The first-order chi connectivity index (χ1) is 12.6. The van der Waals surface area contributed by atoms with Crippen molar-refractivity contribution in [3.8, 4) is 11.3 Å². The average molecular weight is 353 g/mol. The minimum Gasteiger partial charge on any atom is -0.365 e. The maximum Gasteiger partial charge on any atom is 0.252 e. The number of alkyl halides is 1. The Morgan fingerprint density at radius 3 is 2.77 bits per heavy atom. The zero-order chi connectivity index (χ0) is 18.1. The molecule has 6 nitrogen and oxygen atoms in total. The van der Waals surface area contributed by atoms with E-state index in [1.807, 2.05) is 30.3 Å². The van der Waals surface area contributed by atoms with Crippen LogP contribution >= 0.6 is 0 Å². The van der Waals surface area contributed by atoms with Crippen molar-refractivity contribution in [2.45, 2.75) is 25.6 Å². The lowest BCUT2D eigenvalue weighted by Gasteiger charge is -2.28. The molecule has 3 heterocycles. The van der Waals surface area contributed by atoms with Crippen LogP contribution in [0.25, 0.3) is 16.9 Å². The topological polar surface area (TPSA) is 76.5 Å². The van der Waals surface area contributed by atoms with Gasteiger partial charge in [0.05, 0.1) is 11.3 Å². The van der Waals surface area contributed by atoms with Crippen LogP contribution in [0.3, 0.4) is 0 Å². The van der Waals surface area contributed by atoms with Crippen LogP contribution in [0.2, 0.25) is 0 Å². The second kappa shape index (κ2) is 6.84. The van der Waals surface area contributed by atoms with Crippen molar-refractivity contribution in [1.29, 1.82) is 0 Å². The molecule has 0 saturated carbocycles. The van der Waals surface area contributed by atoms with Crippen LogP contribution in [0.15, 0.2) is 42.7 Å². The van der Waals surface area contributed by atoms with Gasteiger partial charge in [0.1, 0.15) is 12.5 Å². The first-order valence-corrected chi connectivity index (χ1v) is 8.70. The summed E-state index contributed by atoms with van der Waals surface area (Å²) in [5, 5.41) is 4.21. The quantitative estimate of drug-likeness (QED) is 0.781. The summed E-state index contributed by atoms with van der Waals surface area (Å²) in [4.78, 5) is 17.8. The van der Waals surface area contributed by atoms with E-state index in [1.54, 1.807) is 10.6 Å². The third-order valence-corrected chi connectivity index (χ3v) is 4.79. The molecule has 3 aromatic rings. The first kappa shape index (κ1) is 16.7. The number of halogens is 1. The van der Waals surface area contributed by atoms with Crippen LogP contribution in [-0.4, -0.2) is 44.7 Å². The van der Waals surface area contributed by atoms with Gasteiger partial charge in [-0.2, -0.15) is 5.10 Å². The number of carbonyl (C=O) groups excluding carboxylic acids is 1. The predicted octanol–water partition coefficient (Wildman–Crippen LogP) is 2.43. The largest absolute Gasteiger partial charge is 0.365 e. The van der Waals surface area contributed by atoms with E-state index in [1.165, 1.54) is 6.33 Å². The molecule has 1 unspecified atom stereocenters. The molecule has 2 N–H and O–H groups in total. The zero-order valence-corrected chi connectivity index (χ0v) is 14.3. The molecule has 1 atom stereocenters. The van der Waals surface area contributed by atoms with Gasteiger partial charge in [-0.25, -0.2) is 13.9 Å². The number of piperidine rings is 1. The summed E-state index contributed by atoms with van der Waals surface area (Å²) in [6.07, 6.45) is 2.27. The van der Waals surface area contributed by atoms with Crippen LogP contribution in [-0.2, 0) is 6.54 Å². The standard InChI is InChI=1S/C19H20FN5O/c20-15-2-1-9-24(11-15)10-13-3-5-14(6-4-13)17-8-7-16(18(21)26)19-22-12-23-25(17)19/h3-8,12,15H,1-2,9-11H2,(H2,21,26). The third-order valence-electron chi connectivity index (χ3n) is 4.79. The Balaban J connectivity index is 1.59. The van der Waals surface area contributed by atoms with Crippen molar-refractivity contribution < 1.29 is 9.18 Å². The molecule has 1 aromatic carbocycles. The van der Waals surface area contributed by atoms with Gasteiger partial charge < -0.3 is 5.73 Å². The summed E-state index contributed by atoms with van der Waals surface area (Å²) < 4.78 is 15.2. The molecule has 7 heteroatoms. The number of aromatic nitrogens is 3. The number of hydrogen-bond acceptors (Lipinski definition) is 4. The fraction of sp³-hybridized carbons (Fsp3) is 0.316. The predicted molar refractivity (Wildman–Crippen MR) is 96.3 cm³/mol. The zero-order valence-electron chi connectivity index (χ0n) is 14.3. The molecule has 0 spiro atoms. The Hall–Kier alpha value is -2.80. The van der Waals surface area contributed by atoms with Crippen LogP contribution < -0.4 is 5.73 Å². The van der Waals surface area contributed by atoms with E-state index in [0.717, 1.165) is 36.3 Å². The summed E-state index contributed by atoms with van der Waals surface area (Å²) in [5.74, 6) is -0.530. The summed E-state index contributed by atoms with van der Waals surface area (Å²) in [7, 11) is 0. The lowest BCUT2D eigenvalue weighted by atomic mass is 10.1. The Morgan fingerprint density at radius 2 is 2.04 bits per heavy atom. The van der Waals surface area contributed by atoms with E-state index in [0.29, 0.717) is 24.2 Å². The lowest BCUT2D eigenvalue weighted by Crippen LogP contribution is -2.35. The normalized spacial score (nSPS) is 18.3. The second-order valence-corrected chi connectivity index (χ2v) is 6.66. The number of fused-ring (bicyclic) bond motifs is 1. The molecule has 1 aliphatic heterocycles. The Labute approximate surface area is 150 Å². The monoisotopic (exact) mass is 353 g/mol. The van der Waals surface area contributed by atoms with Gasteiger partial charge in [0.25, 0.3) is 5.91 Å². The molecule has 1 aliphatic rings. The number of primary amides is 1. The fourth-order valence-electron chi connectivity index (χ4n) is 3.50. The molecule has 0 bridgehead atoms. The fourth-order valence-corrected chi connectivity index (χ4v) is 3.50. The van der Waals surface area contributed by atoms with Crippen LogP contribution in [0.4, 0.5) is 4.39 Å². The molecule has 1 saturated heterocycles. The van der Waals surface area contributed by atoms with Crippen molar-refractivity contribution in [3.63, 3.8) is 0 Å². The molecule has 0 aliphatic carbocycles. The Bertz CT molecular complexity index is 937. The minimum absolute atomic E-state index is 0.341. The van der Waals surface area contributed by atoms with Gasteiger partial charge in [-0.05, 0) is 37.1 Å². The molecule has 26 heavy (non-hydrogen) atoms. The molecular weight excluding hydrogens is 333 g/mol. The van der Waals surface area contributed by atoms with E-state index in [2.05, 4.69) is 15.0 Å². The first-order valence-electron chi connectivity index (χ1n) is 8.70. The van der Waals surface area contributed by atoms with Gasteiger partial charge in [0, 0.05) is 18.7 Å². The Morgan fingerprint density at radius 1 is 1.23 bits per heavy atom. The van der Waals surface area contributed by atoms with Crippen molar-refractivity contribution in [2.24, 2.45) is 5.73 Å². The SMILES string of the molecule is NC(=O)c1ccc(-c2ccc(CN3CCCC(F)C3)cc2)n2ncnc12. The van der Waals surface area contributed by atoms with Gasteiger partial charge in [-0.1, -0.05) is 24.3 Å². The average Bonchev–Trinajstić information content (AvgIpc) is 3.11. The van der Waals surface area contributed by atoms with E-state index in [-0.39, 0.29) is 0 Å². The number of likely N-dealkylation sites (tertiary alicyclic amines) is 1. The molecule has 0 radical (unpaired) electrons. The van der Waals surface area contributed by atoms with Gasteiger partial charge in [-0.3, -0.25) is 9.69 Å². The highest BCUT2D eigenvalue weighted by Crippen LogP contribution is 2.23. The van der Waals surface area contributed by atoms with E-state index >= 15 is 0 Å². The van der Waals surface area contributed by atoms with Crippen molar-refractivity contribution >= 4 is 11.6 Å². The summed E-state index contributed by atoms with van der Waals surface area (Å²) in [5.41, 5.74) is 9.12. The molecule has 4 rings (SSSR count). The highest BCUT2D eigenvalue weighted by atomic mass is 19.1. The number of amides is 1. The van der Waals surface area contributed by atoms with Crippen LogP contribution in [0, 0.1) is 0 Å². The number of carbonyl (C=O) groups is 1. The molecule has 2 aromatic heterocycles. The summed E-state index contributed by atoms with van der Waals surface area (Å²) in [6, 6.07) is 11.6. The van der Waals surface area contributed by atoms with Crippen molar-refractivity contribution in [3.05, 3.63) is 53.9 Å². The maximum absolute atomic E-state index is 13.5. The number of nitrogens with two attached hydrogens (primary N) is 1. The Kier molecular flexibility index (Phi) is 4.38. The summed E-state index contributed by atoms with van der Waals surface area (Å²) >= 11 is 0. The van der Waals surface area contributed by atoms with Crippen molar-refractivity contribution in [2.75, 3.05) is 13.1 Å². The number of hydrogen-bond donors (Lipinski definition) is 1. The molecular formula is C19H20FN5O. The number of nitrogens with zero attached hydrogens (tertiary/aromatic N) is 4. The van der Waals surface area contributed by atoms with E-state index in [4.69, 9.17) is 5.73 Å². The lowest BCUT2D eigenvalue weighted by molar-refractivity contribution is 0.100. The smallest absolute Gasteiger partial charge is 0.252 e. The van der Waals surface area contributed by atoms with E-state index in [9.17, 15) is 9.18 Å². The van der Waals surface area contributed by atoms with Crippen LogP contribution in [0.1, 0.15) is 28.8 Å². The highest BCUT2D eigenvalue weighted by Gasteiger charge is 2.19. The van der Waals surface area contributed by atoms with Crippen LogP contribution in [0.5, 0.6) is 0 Å². The van der Waals surface area contributed by atoms with Gasteiger partial charge in [-0.15, -0.1) is 0 Å². The summed E-state index contributed by atoms with van der Waals surface area (Å²) in [6.45, 7) is 2.20. The number of pyridine rings is 1. The van der Waals surface area contributed by atoms with Gasteiger partial charge >= 0.3 is 0 Å². The molecule has 134 valence electrons. The number of rotatable bonds is 4. The number of benzene rings is 1. The van der Waals surface area contributed by atoms with E-state index < -0.39 is 12.1 Å².